The third-order valence-electron chi connectivity index (χ3n) is 7.21. The Balaban J connectivity index is 1.30. The van der Waals surface area contributed by atoms with Crippen LogP contribution in [-0.4, -0.2) is 33.8 Å². The van der Waals surface area contributed by atoms with Gasteiger partial charge in [-0.25, -0.2) is 17.9 Å². The number of ether oxygens (including phenoxy) is 1. The molecule has 1 N–H and O–H groups in total. The highest BCUT2D eigenvalue weighted by molar-refractivity contribution is 9.10. The number of benzene rings is 1. The van der Waals surface area contributed by atoms with Gasteiger partial charge in [0.25, 0.3) is 5.82 Å². The first-order valence-electron chi connectivity index (χ1n) is 12.1. The fourth-order valence-electron chi connectivity index (χ4n) is 5.15. The molecule has 2 aliphatic rings. The van der Waals surface area contributed by atoms with Gasteiger partial charge in [0.2, 0.25) is 5.92 Å². The molecule has 1 fully saturated rings. The number of hydrogen-bond donors (Lipinski definition) is 1. The van der Waals surface area contributed by atoms with Crippen molar-refractivity contribution in [2.45, 2.75) is 63.6 Å². The fraction of sp³-hybridized carbons (Fsp3) is 0.481. The van der Waals surface area contributed by atoms with Crippen LogP contribution in [0.4, 0.5) is 8.78 Å². The lowest BCUT2D eigenvalue weighted by Gasteiger charge is -2.43. The van der Waals surface area contributed by atoms with Gasteiger partial charge in [0.05, 0.1) is 12.0 Å². The summed E-state index contributed by atoms with van der Waals surface area (Å²) < 4.78 is 38.7. The summed E-state index contributed by atoms with van der Waals surface area (Å²) in [6.45, 7) is 3.45. The predicted molar refractivity (Wildman–Crippen MR) is 132 cm³/mol. The van der Waals surface area contributed by atoms with Crippen molar-refractivity contribution in [2.24, 2.45) is 11.8 Å². The number of allylic oxidation sites excluding steroid dienone is 2. The van der Waals surface area contributed by atoms with Crippen molar-refractivity contribution in [3.8, 4) is 0 Å². The molecule has 35 heavy (non-hydrogen) atoms. The van der Waals surface area contributed by atoms with Gasteiger partial charge in [-0.15, -0.1) is 0 Å². The zero-order valence-corrected chi connectivity index (χ0v) is 21.5. The van der Waals surface area contributed by atoms with Crippen LogP contribution in [0.2, 0.25) is 0 Å². The molecule has 0 bridgehead atoms. The van der Waals surface area contributed by atoms with E-state index in [0.29, 0.717) is 19.4 Å². The van der Waals surface area contributed by atoms with Gasteiger partial charge in [-0.05, 0) is 36.5 Å². The molecule has 0 radical (unpaired) electrons. The molecule has 0 saturated heterocycles. The smallest absolute Gasteiger partial charge is 0.306 e. The van der Waals surface area contributed by atoms with E-state index in [1.807, 2.05) is 36.0 Å². The number of imidazole rings is 1. The molecule has 5 nitrogen and oxygen atoms in total. The summed E-state index contributed by atoms with van der Waals surface area (Å²) in [6.07, 6.45) is 11.0. The van der Waals surface area contributed by atoms with E-state index < -0.39 is 29.3 Å². The van der Waals surface area contributed by atoms with Crippen molar-refractivity contribution in [3.63, 3.8) is 0 Å². The lowest BCUT2D eigenvalue weighted by Crippen LogP contribution is -2.48. The zero-order chi connectivity index (χ0) is 25.1. The summed E-state index contributed by atoms with van der Waals surface area (Å²) in [4.78, 5) is 12.6. The van der Waals surface area contributed by atoms with E-state index in [1.54, 1.807) is 24.3 Å². The lowest BCUT2D eigenvalue weighted by atomic mass is 9.67. The van der Waals surface area contributed by atoms with Crippen molar-refractivity contribution >= 4 is 21.9 Å². The second-order valence-electron chi connectivity index (χ2n) is 9.60. The van der Waals surface area contributed by atoms with E-state index >= 15 is 0 Å². The monoisotopic (exact) mass is 549 g/mol. The Morgan fingerprint density at radius 1 is 1.29 bits per heavy atom. The number of hydrogen-bond acceptors (Lipinski definition) is 3. The molecule has 4 rings (SSSR count). The van der Waals surface area contributed by atoms with Crippen molar-refractivity contribution in [1.82, 2.24) is 4.57 Å². The van der Waals surface area contributed by atoms with Gasteiger partial charge in [0.1, 0.15) is 32.1 Å². The van der Waals surface area contributed by atoms with Gasteiger partial charge in [0.15, 0.2) is 0 Å². The Labute approximate surface area is 213 Å². The minimum Gasteiger partial charge on any atom is -0.461 e. The number of carbonyl (C=O) groups excluding carboxylic acids is 1. The van der Waals surface area contributed by atoms with Crippen molar-refractivity contribution in [1.29, 1.82) is 0 Å². The topological polar surface area (TPSA) is 55.3 Å². The van der Waals surface area contributed by atoms with Crippen LogP contribution in [0.3, 0.4) is 0 Å². The van der Waals surface area contributed by atoms with Gasteiger partial charge >= 0.3 is 5.97 Å². The average molecular weight is 550 g/mol. The zero-order valence-electron chi connectivity index (χ0n) is 19.9. The molecule has 1 unspecified atom stereocenters. The van der Waals surface area contributed by atoms with Crippen molar-refractivity contribution in [2.75, 3.05) is 6.61 Å². The van der Waals surface area contributed by atoms with E-state index in [-0.39, 0.29) is 25.9 Å². The second kappa shape index (κ2) is 10.7. The summed E-state index contributed by atoms with van der Waals surface area (Å²) in [6, 6.07) is 8.17. The molecule has 1 heterocycles. The average Bonchev–Trinajstić information content (AvgIpc) is 3.15. The maximum atomic E-state index is 14.0. The Morgan fingerprint density at radius 2 is 2.06 bits per heavy atom. The molecule has 0 amide bonds. The van der Waals surface area contributed by atoms with Crippen molar-refractivity contribution < 1.29 is 28.0 Å². The molecule has 0 aliphatic heterocycles. The van der Waals surface area contributed by atoms with Crippen LogP contribution in [0.15, 0.2) is 65.4 Å². The molecule has 3 atom stereocenters. The summed E-state index contributed by atoms with van der Waals surface area (Å²) in [7, 11) is 0. The number of esters is 1. The number of aromatic nitrogens is 2. The van der Waals surface area contributed by atoms with Crippen LogP contribution >= 0.6 is 15.9 Å². The molecule has 0 spiro atoms. The molecule has 2 aliphatic carbocycles. The number of rotatable bonds is 8. The van der Waals surface area contributed by atoms with E-state index in [2.05, 4.69) is 32.6 Å². The second-order valence-corrected chi connectivity index (χ2v) is 10.5. The van der Waals surface area contributed by atoms with Gasteiger partial charge in [0, 0.05) is 30.2 Å². The maximum Gasteiger partial charge on any atom is 0.306 e. The largest absolute Gasteiger partial charge is 0.461 e. The van der Waals surface area contributed by atoms with Crippen LogP contribution in [0, 0.1) is 18.8 Å². The molecule has 1 saturated carbocycles. The van der Waals surface area contributed by atoms with Crippen molar-refractivity contribution in [3.05, 3.63) is 76.8 Å². The Hall–Kier alpha value is -2.32. The van der Waals surface area contributed by atoms with Crippen LogP contribution in [0.1, 0.15) is 43.5 Å². The van der Waals surface area contributed by atoms with E-state index in [1.165, 1.54) is 5.56 Å². The van der Waals surface area contributed by atoms with E-state index in [9.17, 15) is 18.7 Å². The minimum absolute atomic E-state index is 0.0480. The van der Waals surface area contributed by atoms with Gasteiger partial charge in [-0.2, -0.15) is 0 Å². The number of aliphatic hydroxyl groups is 1. The first-order chi connectivity index (χ1) is 16.7. The Kier molecular flexibility index (Phi) is 7.91. The molecule has 1 aromatic carbocycles. The van der Waals surface area contributed by atoms with E-state index in [0.717, 1.165) is 16.8 Å². The summed E-state index contributed by atoms with van der Waals surface area (Å²) in [5.74, 6) is -3.35. The summed E-state index contributed by atoms with van der Waals surface area (Å²) >= 11 is 3.45. The van der Waals surface area contributed by atoms with E-state index in [4.69, 9.17) is 4.74 Å². The first-order valence-corrected chi connectivity index (χ1v) is 12.9. The summed E-state index contributed by atoms with van der Waals surface area (Å²) in [5.41, 5.74) is -0.281. The quantitative estimate of drug-likeness (QED) is 0.367. The Bertz CT molecular complexity index is 1100. The number of nitrogens with zero attached hydrogens (tertiary/aromatic N) is 2. The molecule has 8 heteroatoms. The molecular formula is C27H32BrF2N2O3+. The van der Waals surface area contributed by atoms with Crippen LogP contribution in [0.25, 0.3) is 0 Å². The lowest BCUT2D eigenvalue weighted by molar-refractivity contribution is -0.694. The normalized spacial score (nSPS) is 25.5. The number of alkyl halides is 2. The van der Waals surface area contributed by atoms with Gasteiger partial charge < -0.3 is 9.84 Å². The van der Waals surface area contributed by atoms with Crippen LogP contribution in [0.5, 0.6) is 0 Å². The number of halogens is 3. The third-order valence-corrected chi connectivity index (χ3v) is 7.74. The SMILES string of the molecule is Cc1n(CCOC(=O)CC2C=CC=C[C@]2(O)[C@@H]2CCCC(F)(F)C2)cc[n+]1Cc1ccc(Br)cc1. The van der Waals surface area contributed by atoms with Crippen LogP contribution < -0.4 is 4.57 Å². The van der Waals surface area contributed by atoms with Crippen LogP contribution in [-0.2, 0) is 22.6 Å². The Morgan fingerprint density at radius 3 is 2.80 bits per heavy atom. The third kappa shape index (κ3) is 6.28. The number of carbonyl (C=O) groups is 1. The molecular weight excluding hydrogens is 518 g/mol. The maximum absolute atomic E-state index is 14.0. The van der Waals surface area contributed by atoms with Gasteiger partial charge in [-0.1, -0.05) is 52.4 Å². The van der Waals surface area contributed by atoms with Gasteiger partial charge in [-0.3, -0.25) is 4.79 Å². The molecule has 1 aromatic heterocycles. The highest BCUT2D eigenvalue weighted by atomic mass is 79.9. The first kappa shape index (κ1) is 25.8. The fourth-order valence-corrected chi connectivity index (χ4v) is 5.41. The highest BCUT2D eigenvalue weighted by Gasteiger charge is 2.48. The summed E-state index contributed by atoms with van der Waals surface area (Å²) in [5, 5.41) is 11.3. The molecule has 188 valence electrons. The predicted octanol–water partition coefficient (Wildman–Crippen LogP) is 5.13. The minimum atomic E-state index is -2.78. The highest BCUT2D eigenvalue weighted by Crippen LogP contribution is 2.46. The standard InChI is InChI=1S/C27H32BrF2N2O3/c1-20-31(13-14-32(20)19-21-7-9-24(28)10-8-21)15-16-35-25(33)17-22-5-2-3-12-27(22,34)23-6-4-11-26(29,30)18-23/h2-3,5,7-10,12-14,22-23,34H,4,6,11,15-19H2,1H3/q+1/t22?,23-,27-/m1/s1. The molecule has 2 aromatic rings.